The summed E-state index contributed by atoms with van der Waals surface area (Å²) in [6, 6.07) is 13.7. The first kappa shape index (κ1) is 42.4. The molecule has 0 spiro atoms. The molecule has 0 atom stereocenters. The van der Waals surface area contributed by atoms with Crippen LogP contribution in [0.1, 0.15) is 95.2 Å². The van der Waals surface area contributed by atoms with Crippen LogP contribution in [0.15, 0.2) is 72.8 Å². The first-order valence-electron chi connectivity index (χ1n) is 19.0. The first-order valence-corrected chi connectivity index (χ1v) is 19.0. The van der Waals surface area contributed by atoms with Gasteiger partial charge in [-0.25, -0.2) is 18.4 Å². The predicted molar refractivity (Wildman–Crippen MR) is 208 cm³/mol. The van der Waals surface area contributed by atoms with E-state index in [0.29, 0.717) is 83.1 Å². The molecule has 0 radical (unpaired) electrons. The molecule has 0 saturated heterocycles. The van der Waals surface area contributed by atoms with Crippen LogP contribution < -0.4 is 4.74 Å². The number of aliphatic hydroxyl groups is 2. The molecule has 54 heavy (non-hydrogen) atoms. The van der Waals surface area contributed by atoms with Gasteiger partial charge in [-0.1, -0.05) is 64.1 Å². The smallest absolute Gasteiger partial charge is 0.333 e. The quantitative estimate of drug-likeness (QED) is 0.0716. The highest BCUT2D eigenvalue weighted by atomic mass is 19.1. The Bertz CT molecular complexity index is 1730. The number of carbonyl (C=O) groups is 2. The Kier molecular flexibility index (Phi) is 15.6. The van der Waals surface area contributed by atoms with E-state index in [9.17, 15) is 19.8 Å². The Morgan fingerprint density at radius 1 is 0.759 bits per heavy atom. The molecule has 4 rings (SSSR count). The van der Waals surface area contributed by atoms with Crippen LogP contribution in [0, 0.1) is 23.0 Å². The number of hydrogen-bond acceptors (Lipinski definition) is 7. The van der Waals surface area contributed by atoms with Crippen molar-refractivity contribution in [2.45, 2.75) is 91.4 Å². The minimum Gasteiger partial charge on any atom is -0.493 e. The molecule has 0 heterocycles. The van der Waals surface area contributed by atoms with Crippen LogP contribution in [0.2, 0.25) is 0 Å². The summed E-state index contributed by atoms with van der Waals surface area (Å²) >= 11 is 0. The average molecular weight is 747 g/mol. The molecule has 1 saturated carbocycles. The minimum atomic E-state index is -0.757. The van der Waals surface area contributed by atoms with Crippen molar-refractivity contribution in [2.75, 3.05) is 33.0 Å². The molecule has 1 aliphatic rings. The highest BCUT2D eigenvalue weighted by Gasteiger charge is 2.24. The Labute approximate surface area is 319 Å². The molecule has 0 bridgehead atoms. The Morgan fingerprint density at radius 3 is 1.78 bits per heavy atom. The lowest BCUT2D eigenvalue weighted by atomic mass is 9.79. The lowest BCUT2D eigenvalue weighted by Gasteiger charge is -2.26. The van der Waals surface area contributed by atoms with Crippen molar-refractivity contribution in [3.8, 4) is 28.0 Å². The third kappa shape index (κ3) is 11.6. The van der Waals surface area contributed by atoms with E-state index < -0.39 is 23.2 Å². The Balaban J connectivity index is 1.68. The molecule has 2 N–H and O–H groups in total. The van der Waals surface area contributed by atoms with E-state index in [1.807, 2.05) is 18.2 Å². The number of aryl methyl sites for hydroxylation is 2. The van der Waals surface area contributed by atoms with Gasteiger partial charge in [0.2, 0.25) is 0 Å². The molecule has 1 fully saturated rings. The van der Waals surface area contributed by atoms with Gasteiger partial charge in [0.05, 0.1) is 33.0 Å². The van der Waals surface area contributed by atoms with E-state index in [1.165, 1.54) is 6.07 Å². The summed E-state index contributed by atoms with van der Waals surface area (Å²) < 4.78 is 48.7. The molecule has 3 aromatic rings. The summed E-state index contributed by atoms with van der Waals surface area (Å²) in [4.78, 5) is 24.1. The molecule has 7 nitrogen and oxygen atoms in total. The third-order valence-corrected chi connectivity index (χ3v) is 10.4. The fourth-order valence-corrected chi connectivity index (χ4v) is 6.71. The Morgan fingerprint density at radius 2 is 1.28 bits per heavy atom. The zero-order valence-corrected chi connectivity index (χ0v) is 32.3. The number of ether oxygens (including phenoxy) is 3. The molecule has 0 aliphatic heterocycles. The van der Waals surface area contributed by atoms with Crippen LogP contribution in [0.4, 0.5) is 8.78 Å². The number of carbonyl (C=O) groups excluding carboxylic acids is 2. The lowest BCUT2D eigenvalue weighted by Crippen LogP contribution is -2.28. The summed E-state index contributed by atoms with van der Waals surface area (Å²) in [7, 11) is 0. The van der Waals surface area contributed by atoms with Gasteiger partial charge in [-0.15, -0.1) is 0 Å². The molecular weight excluding hydrogens is 690 g/mol. The van der Waals surface area contributed by atoms with Gasteiger partial charge in [0.1, 0.15) is 17.4 Å². The maximum Gasteiger partial charge on any atom is 0.333 e. The van der Waals surface area contributed by atoms with Crippen molar-refractivity contribution in [1.29, 1.82) is 0 Å². The van der Waals surface area contributed by atoms with Crippen LogP contribution in [-0.2, 0) is 31.9 Å². The van der Waals surface area contributed by atoms with E-state index in [4.69, 9.17) is 14.2 Å². The zero-order chi connectivity index (χ0) is 39.4. The molecule has 292 valence electrons. The second kappa shape index (κ2) is 19.8. The van der Waals surface area contributed by atoms with Gasteiger partial charge in [0.15, 0.2) is 0 Å². The van der Waals surface area contributed by atoms with Gasteiger partial charge in [0, 0.05) is 27.7 Å². The average Bonchev–Trinajstić information content (AvgIpc) is 3.15. The summed E-state index contributed by atoms with van der Waals surface area (Å²) in [5.41, 5.74) is 3.96. The molecular formula is C45H56F2O7. The third-order valence-electron chi connectivity index (χ3n) is 10.4. The summed E-state index contributed by atoms with van der Waals surface area (Å²) in [6.45, 7) is 14.4. The van der Waals surface area contributed by atoms with Crippen LogP contribution in [0.3, 0.4) is 0 Å². The standard InChI is InChI=1S/C45H56F2O7/c1-29(2)43(50)53-20-7-9-35-23-37(24-36(10-8-21-54-44(51)30(3)4)42(35)52-22-19-45(6,27-48)28-49)39-18-16-34(26-41(39)47)38-17-15-33(25-40(38)46)32-13-11-31(5)12-14-32/h15-18,23-26,31-32,48-49H,1,3,7-14,19-22,27-28H2,2,4-6H3. The van der Waals surface area contributed by atoms with Gasteiger partial charge in [-0.2, -0.15) is 0 Å². The molecule has 0 aromatic heterocycles. The van der Waals surface area contributed by atoms with Crippen molar-refractivity contribution >= 4 is 11.9 Å². The number of benzene rings is 3. The predicted octanol–water partition coefficient (Wildman–Crippen LogP) is 9.46. The monoisotopic (exact) mass is 746 g/mol. The SMILES string of the molecule is C=C(C)C(=O)OCCCc1cc(-c2ccc(-c3ccc(C4CCC(C)CC4)cc3F)cc2F)cc(CCCOC(=O)C(=C)C)c1OCCC(C)(CO)CO. The van der Waals surface area contributed by atoms with E-state index in [0.717, 1.165) is 42.4 Å². The second-order valence-corrected chi connectivity index (χ2v) is 15.3. The van der Waals surface area contributed by atoms with E-state index >= 15 is 8.78 Å². The highest BCUT2D eigenvalue weighted by molar-refractivity contribution is 5.87. The molecule has 3 aromatic carbocycles. The first-order chi connectivity index (χ1) is 25.7. The van der Waals surface area contributed by atoms with Crippen LogP contribution in [0.5, 0.6) is 5.75 Å². The highest BCUT2D eigenvalue weighted by Crippen LogP contribution is 2.39. The lowest BCUT2D eigenvalue weighted by molar-refractivity contribution is -0.139. The van der Waals surface area contributed by atoms with Crippen molar-refractivity contribution < 1.29 is 42.8 Å². The van der Waals surface area contributed by atoms with Crippen LogP contribution >= 0.6 is 0 Å². The van der Waals surface area contributed by atoms with Gasteiger partial charge in [0.25, 0.3) is 0 Å². The summed E-state index contributed by atoms with van der Waals surface area (Å²) in [5, 5.41) is 19.7. The van der Waals surface area contributed by atoms with E-state index in [2.05, 4.69) is 20.1 Å². The van der Waals surface area contributed by atoms with Crippen molar-refractivity contribution in [3.63, 3.8) is 0 Å². The second-order valence-electron chi connectivity index (χ2n) is 15.3. The summed E-state index contributed by atoms with van der Waals surface area (Å²) in [6.07, 6.45) is 6.43. The van der Waals surface area contributed by atoms with Crippen LogP contribution in [-0.4, -0.2) is 55.2 Å². The number of hydrogen-bond donors (Lipinski definition) is 2. The Hall–Kier alpha value is -4.34. The van der Waals surface area contributed by atoms with Crippen LogP contribution in [0.25, 0.3) is 22.3 Å². The number of aliphatic hydroxyl groups excluding tert-OH is 2. The minimum absolute atomic E-state index is 0.127. The van der Waals surface area contributed by atoms with Crippen molar-refractivity contribution in [1.82, 2.24) is 0 Å². The molecule has 9 heteroatoms. The molecule has 1 aliphatic carbocycles. The zero-order valence-electron chi connectivity index (χ0n) is 32.3. The number of rotatable bonds is 19. The number of esters is 2. The van der Waals surface area contributed by atoms with Gasteiger partial charge >= 0.3 is 11.9 Å². The molecule has 0 amide bonds. The van der Waals surface area contributed by atoms with Gasteiger partial charge < -0.3 is 24.4 Å². The van der Waals surface area contributed by atoms with Crippen molar-refractivity contribution in [3.05, 3.63) is 101 Å². The van der Waals surface area contributed by atoms with Gasteiger partial charge in [-0.05, 0) is 123 Å². The normalized spacial score (nSPS) is 15.8. The summed E-state index contributed by atoms with van der Waals surface area (Å²) in [5.74, 6) is -0.285. The van der Waals surface area contributed by atoms with E-state index in [1.54, 1.807) is 45.0 Å². The van der Waals surface area contributed by atoms with E-state index in [-0.39, 0.29) is 38.9 Å². The maximum absolute atomic E-state index is 16.1. The fourth-order valence-electron chi connectivity index (χ4n) is 6.71. The fraction of sp³-hybridized carbons (Fsp3) is 0.467. The largest absolute Gasteiger partial charge is 0.493 e. The number of halogens is 2. The maximum atomic E-state index is 16.1. The topological polar surface area (TPSA) is 102 Å². The molecule has 0 unspecified atom stereocenters. The van der Waals surface area contributed by atoms with Crippen molar-refractivity contribution in [2.24, 2.45) is 11.3 Å². The van der Waals surface area contributed by atoms with Gasteiger partial charge in [-0.3, -0.25) is 0 Å².